The molecule has 34 heavy (non-hydrogen) atoms. The molecule has 0 fully saturated rings. The molecular formula is C27H33N3O3S. The van der Waals surface area contributed by atoms with Crippen molar-refractivity contribution in [1.82, 2.24) is 5.32 Å². The van der Waals surface area contributed by atoms with Crippen LogP contribution in [-0.2, 0) is 9.53 Å². The molecule has 3 rings (SSSR count). The zero-order chi connectivity index (χ0) is 24.7. The summed E-state index contributed by atoms with van der Waals surface area (Å²) in [7, 11) is 1.33. The van der Waals surface area contributed by atoms with Crippen molar-refractivity contribution < 1.29 is 14.3 Å². The molecule has 1 amide bonds. The van der Waals surface area contributed by atoms with Gasteiger partial charge in [-0.2, -0.15) is 12.6 Å². The normalized spacial score (nSPS) is 12.9. The summed E-state index contributed by atoms with van der Waals surface area (Å²) in [6.07, 6.45) is 0.489. The molecule has 0 saturated heterocycles. The van der Waals surface area contributed by atoms with Crippen LogP contribution in [0, 0.1) is 5.92 Å². The lowest BCUT2D eigenvalue weighted by molar-refractivity contribution is -0.143. The van der Waals surface area contributed by atoms with Crippen molar-refractivity contribution in [3.8, 4) is 11.1 Å². The molecule has 7 heteroatoms. The molecule has 0 spiro atoms. The molecule has 0 aliphatic rings. The van der Waals surface area contributed by atoms with Gasteiger partial charge >= 0.3 is 5.97 Å². The Morgan fingerprint density at radius 2 is 1.76 bits per heavy atom. The summed E-state index contributed by atoms with van der Waals surface area (Å²) in [5.41, 5.74) is 9.05. The monoisotopic (exact) mass is 479 g/mol. The minimum absolute atomic E-state index is 0.0934. The number of anilines is 1. The zero-order valence-corrected chi connectivity index (χ0v) is 20.8. The summed E-state index contributed by atoms with van der Waals surface area (Å²) in [4.78, 5) is 25.8. The number of hydrogen-bond acceptors (Lipinski definition) is 6. The van der Waals surface area contributed by atoms with Gasteiger partial charge in [-0.25, -0.2) is 4.79 Å². The first kappa shape index (κ1) is 25.6. The number of amides is 1. The number of benzene rings is 3. The molecule has 0 bridgehead atoms. The molecule has 0 heterocycles. The van der Waals surface area contributed by atoms with Gasteiger partial charge in [-0.15, -0.1) is 0 Å². The van der Waals surface area contributed by atoms with E-state index in [2.05, 4.69) is 23.3 Å². The van der Waals surface area contributed by atoms with Crippen LogP contribution in [0.3, 0.4) is 0 Å². The highest BCUT2D eigenvalue weighted by Gasteiger charge is 2.25. The second kappa shape index (κ2) is 11.9. The smallest absolute Gasteiger partial charge is 0.328 e. The third-order valence-corrected chi connectivity index (χ3v) is 6.11. The molecule has 3 aromatic carbocycles. The summed E-state index contributed by atoms with van der Waals surface area (Å²) >= 11 is 4.25. The van der Waals surface area contributed by atoms with Crippen LogP contribution in [-0.4, -0.2) is 43.4 Å². The lowest BCUT2D eigenvalue weighted by Gasteiger charge is -2.20. The van der Waals surface area contributed by atoms with Crippen molar-refractivity contribution in [3.63, 3.8) is 0 Å². The van der Waals surface area contributed by atoms with Crippen molar-refractivity contribution in [2.24, 2.45) is 11.7 Å². The molecule has 0 unspecified atom stereocenters. The summed E-state index contributed by atoms with van der Waals surface area (Å²) < 4.78 is 4.92. The number of ether oxygens (including phenoxy) is 1. The Labute approximate surface area is 206 Å². The Bertz CT molecular complexity index is 1140. The molecule has 180 valence electrons. The van der Waals surface area contributed by atoms with E-state index in [-0.39, 0.29) is 17.9 Å². The van der Waals surface area contributed by atoms with E-state index >= 15 is 0 Å². The predicted molar refractivity (Wildman–Crippen MR) is 142 cm³/mol. The SMILES string of the molecule is COC(=O)[C@H](CC(C)C)NC(=O)c1ccc(NC[C@@H](N)CS)cc1-c1cccc2ccccc12. The lowest BCUT2D eigenvalue weighted by Crippen LogP contribution is -2.42. The van der Waals surface area contributed by atoms with E-state index in [9.17, 15) is 9.59 Å². The van der Waals surface area contributed by atoms with Crippen molar-refractivity contribution in [1.29, 1.82) is 0 Å². The Morgan fingerprint density at radius 3 is 2.47 bits per heavy atom. The zero-order valence-electron chi connectivity index (χ0n) is 19.9. The fraction of sp³-hybridized carbons (Fsp3) is 0.333. The molecule has 2 atom stereocenters. The van der Waals surface area contributed by atoms with Crippen molar-refractivity contribution in [2.45, 2.75) is 32.4 Å². The number of nitrogens with two attached hydrogens (primary N) is 1. The summed E-state index contributed by atoms with van der Waals surface area (Å²) in [5, 5.41) is 8.34. The highest BCUT2D eigenvalue weighted by molar-refractivity contribution is 7.80. The number of carbonyl (C=O) groups excluding carboxylic acids is 2. The van der Waals surface area contributed by atoms with Crippen LogP contribution >= 0.6 is 12.6 Å². The van der Waals surface area contributed by atoms with Gasteiger partial charge < -0.3 is 21.1 Å². The van der Waals surface area contributed by atoms with Crippen LogP contribution in [0.4, 0.5) is 5.69 Å². The predicted octanol–water partition coefficient (Wildman–Crippen LogP) is 4.49. The first-order valence-corrected chi connectivity index (χ1v) is 12.1. The van der Waals surface area contributed by atoms with Gasteiger partial charge in [-0.1, -0.05) is 56.3 Å². The third kappa shape index (κ3) is 6.30. The summed E-state index contributed by atoms with van der Waals surface area (Å²) in [6.45, 7) is 4.56. The van der Waals surface area contributed by atoms with Gasteiger partial charge in [0, 0.05) is 29.6 Å². The van der Waals surface area contributed by atoms with Gasteiger partial charge in [0.15, 0.2) is 0 Å². The van der Waals surface area contributed by atoms with Crippen LogP contribution in [0.2, 0.25) is 0 Å². The van der Waals surface area contributed by atoms with Crippen molar-refractivity contribution in [3.05, 3.63) is 66.2 Å². The quantitative estimate of drug-likeness (QED) is 0.254. The van der Waals surface area contributed by atoms with E-state index < -0.39 is 12.0 Å². The molecule has 0 aliphatic carbocycles. The molecule has 0 radical (unpaired) electrons. The van der Waals surface area contributed by atoms with E-state index in [1.54, 1.807) is 6.07 Å². The average molecular weight is 480 g/mol. The maximum atomic E-state index is 13.4. The maximum Gasteiger partial charge on any atom is 0.328 e. The van der Waals surface area contributed by atoms with Crippen LogP contribution in [0.5, 0.6) is 0 Å². The fourth-order valence-corrected chi connectivity index (χ4v) is 4.04. The minimum atomic E-state index is -0.718. The first-order valence-electron chi connectivity index (χ1n) is 11.4. The number of methoxy groups -OCH3 is 1. The Hall–Kier alpha value is -3.03. The van der Waals surface area contributed by atoms with Gasteiger partial charge in [-0.05, 0) is 52.4 Å². The van der Waals surface area contributed by atoms with Gasteiger partial charge in [0.25, 0.3) is 5.91 Å². The molecule has 0 aliphatic heterocycles. The number of esters is 1. The molecule has 0 aromatic heterocycles. The second-order valence-electron chi connectivity index (χ2n) is 8.79. The van der Waals surface area contributed by atoms with E-state index in [4.69, 9.17) is 10.5 Å². The van der Waals surface area contributed by atoms with Crippen LogP contribution in [0.1, 0.15) is 30.6 Å². The number of nitrogens with one attached hydrogen (secondary N) is 2. The second-order valence-corrected chi connectivity index (χ2v) is 9.15. The number of fused-ring (bicyclic) bond motifs is 1. The van der Waals surface area contributed by atoms with Gasteiger partial charge in [0.05, 0.1) is 7.11 Å². The average Bonchev–Trinajstić information content (AvgIpc) is 2.85. The van der Waals surface area contributed by atoms with Gasteiger partial charge in [0.2, 0.25) is 0 Å². The van der Waals surface area contributed by atoms with Gasteiger partial charge in [0.1, 0.15) is 6.04 Å². The molecular weight excluding hydrogens is 446 g/mol. The highest BCUT2D eigenvalue weighted by atomic mass is 32.1. The molecule has 6 nitrogen and oxygen atoms in total. The van der Waals surface area contributed by atoms with Gasteiger partial charge in [-0.3, -0.25) is 4.79 Å². The number of carbonyl (C=O) groups is 2. The van der Waals surface area contributed by atoms with Crippen LogP contribution in [0.15, 0.2) is 60.7 Å². The first-order chi connectivity index (χ1) is 16.3. The van der Waals surface area contributed by atoms with Crippen molar-refractivity contribution >= 4 is 41.0 Å². The topological polar surface area (TPSA) is 93.4 Å². The van der Waals surface area contributed by atoms with E-state index in [0.29, 0.717) is 24.3 Å². The third-order valence-electron chi connectivity index (χ3n) is 5.65. The largest absolute Gasteiger partial charge is 0.467 e. The molecule has 4 N–H and O–H groups in total. The lowest BCUT2D eigenvalue weighted by atomic mass is 9.93. The van der Waals surface area contributed by atoms with Crippen molar-refractivity contribution in [2.75, 3.05) is 24.7 Å². The summed E-state index contributed by atoms with van der Waals surface area (Å²) in [6, 6.07) is 18.9. The maximum absolute atomic E-state index is 13.4. The number of hydrogen-bond donors (Lipinski definition) is 4. The summed E-state index contributed by atoms with van der Waals surface area (Å²) in [5.74, 6) is 0.00368. The Balaban J connectivity index is 2.05. The Morgan fingerprint density at radius 1 is 1.03 bits per heavy atom. The molecule has 0 saturated carbocycles. The highest BCUT2D eigenvalue weighted by Crippen LogP contribution is 2.33. The minimum Gasteiger partial charge on any atom is -0.467 e. The van der Waals surface area contributed by atoms with Crippen LogP contribution in [0.25, 0.3) is 21.9 Å². The van der Waals surface area contributed by atoms with E-state index in [0.717, 1.165) is 27.6 Å². The number of rotatable bonds is 10. The van der Waals surface area contributed by atoms with E-state index in [1.165, 1.54) is 7.11 Å². The number of thiol groups is 1. The standard InChI is InChI=1S/C27H33N3O3S/c1-17(2)13-25(27(32)33-3)30-26(31)23-12-11-20(29-15-19(28)16-34)14-24(23)22-10-6-8-18-7-4-5-9-21(18)22/h4-12,14,17,19,25,29,34H,13,15-16,28H2,1-3H3,(H,30,31)/t19-,25+/m1/s1. The van der Waals surface area contributed by atoms with Crippen LogP contribution < -0.4 is 16.4 Å². The Kier molecular flexibility index (Phi) is 8.96. The van der Waals surface area contributed by atoms with E-state index in [1.807, 2.05) is 68.4 Å². The fourth-order valence-electron chi connectivity index (χ4n) is 3.91. The molecule has 3 aromatic rings.